The van der Waals surface area contributed by atoms with Crippen molar-refractivity contribution in [3.63, 3.8) is 0 Å². The van der Waals surface area contributed by atoms with E-state index in [1.807, 2.05) is 18.2 Å². The monoisotopic (exact) mass is 428 g/mol. The van der Waals surface area contributed by atoms with Crippen LogP contribution in [0, 0.1) is 0 Å². The third-order valence-corrected chi connectivity index (χ3v) is 6.48. The van der Waals surface area contributed by atoms with Crippen molar-refractivity contribution >= 4 is 16.0 Å². The highest BCUT2D eigenvalue weighted by Gasteiger charge is 2.51. The maximum absolute atomic E-state index is 13.3. The van der Waals surface area contributed by atoms with Crippen LogP contribution in [0.3, 0.4) is 0 Å². The molecule has 2 aromatic carbocycles. The van der Waals surface area contributed by atoms with Crippen LogP contribution in [0.1, 0.15) is 42.9 Å². The first-order valence-corrected chi connectivity index (χ1v) is 12.3. The lowest BCUT2D eigenvalue weighted by Gasteiger charge is -2.27. The molecule has 2 aromatic rings. The summed E-state index contributed by atoms with van der Waals surface area (Å²) in [5.74, 6) is 0.293. The molecule has 30 heavy (non-hydrogen) atoms. The average molecular weight is 429 g/mol. The van der Waals surface area contributed by atoms with E-state index in [4.69, 9.17) is 4.18 Å². The van der Waals surface area contributed by atoms with Crippen molar-refractivity contribution in [3.05, 3.63) is 65.7 Å². The molecule has 7 heteroatoms. The second kappa shape index (κ2) is 8.40. The van der Waals surface area contributed by atoms with E-state index < -0.39 is 15.5 Å². The topological polar surface area (TPSA) is 75.7 Å². The van der Waals surface area contributed by atoms with Crippen molar-refractivity contribution in [2.24, 2.45) is 0 Å². The molecule has 1 aliphatic carbocycles. The molecule has 2 aliphatic rings. The maximum atomic E-state index is 13.3. The van der Waals surface area contributed by atoms with Gasteiger partial charge in [-0.25, -0.2) is 0 Å². The molecule has 2 fully saturated rings. The van der Waals surface area contributed by atoms with Crippen LogP contribution in [0.4, 0.5) is 0 Å². The number of benzene rings is 2. The van der Waals surface area contributed by atoms with E-state index in [0.717, 1.165) is 49.9 Å². The second-order valence-electron chi connectivity index (χ2n) is 8.34. The number of carbonyl (C=O) groups is 1. The fourth-order valence-corrected chi connectivity index (χ4v) is 4.68. The minimum Gasteiger partial charge on any atom is -0.383 e. The number of hydrogen-bond donors (Lipinski definition) is 1. The summed E-state index contributed by atoms with van der Waals surface area (Å²) in [6.07, 6.45) is 5.01. The van der Waals surface area contributed by atoms with Crippen LogP contribution in [-0.4, -0.2) is 45.1 Å². The van der Waals surface area contributed by atoms with Crippen molar-refractivity contribution in [2.45, 2.75) is 37.1 Å². The van der Waals surface area contributed by atoms with E-state index in [1.54, 1.807) is 24.3 Å². The highest BCUT2D eigenvalue weighted by molar-refractivity contribution is 7.86. The molecule has 0 radical (unpaired) electrons. The van der Waals surface area contributed by atoms with Gasteiger partial charge in [0.15, 0.2) is 0 Å². The predicted molar refractivity (Wildman–Crippen MR) is 116 cm³/mol. The van der Waals surface area contributed by atoms with E-state index in [2.05, 4.69) is 22.3 Å². The summed E-state index contributed by atoms with van der Waals surface area (Å²) in [6, 6.07) is 16.9. The van der Waals surface area contributed by atoms with Gasteiger partial charge in [0.05, 0.1) is 17.7 Å². The zero-order valence-electron chi connectivity index (χ0n) is 17.2. The lowest BCUT2D eigenvalue weighted by atomic mass is 9.94. The summed E-state index contributed by atoms with van der Waals surface area (Å²) in [5.41, 5.74) is 1.47. The van der Waals surface area contributed by atoms with E-state index >= 15 is 0 Å². The van der Waals surface area contributed by atoms with Crippen molar-refractivity contribution in [3.8, 4) is 5.75 Å². The quantitative estimate of drug-likeness (QED) is 0.654. The van der Waals surface area contributed by atoms with Crippen molar-refractivity contribution in [2.75, 3.05) is 25.9 Å². The molecule has 0 bridgehead atoms. The maximum Gasteiger partial charge on any atom is 0.306 e. The minimum absolute atomic E-state index is 0.0346. The second-order valence-corrected chi connectivity index (χ2v) is 9.91. The molecule has 1 atom stereocenters. The molecular weight excluding hydrogens is 400 g/mol. The third kappa shape index (κ3) is 4.84. The Morgan fingerprint density at radius 1 is 1.07 bits per heavy atom. The molecular formula is C23H28N2O4S. The Kier molecular flexibility index (Phi) is 5.84. The van der Waals surface area contributed by atoms with Crippen LogP contribution in [0.2, 0.25) is 0 Å². The van der Waals surface area contributed by atoms with Crippen molar-refractivity contribution in [1.29, 1.82) is 0 Å². The average Bonchev–Trinajstić information content (AvgIpc) is 3.37. The van der Waals surface area contributed by atoms with Gasteiger partial charge in [0, 0.05) is 6.54 Å². The smallest absolute Gasteiger partial charge is 0.306 e. The molecule has 1 saturated carbocycles. The van der Waals surface area contributed by atoms with Crippen LogP contribution >= 0.6 is 0 Å². The van der Waals surface area contributed by atoms with Gasteiger partial charge in [0.25, 0.3) is 0 Å². The minimum atomic E-state index is -3.57. The number of nitrogens with one attached hydrogen (secondary N) is 1. The van der Waals surface area contributed by atoms with Crippen LogP contribution in [-0.2, 0) is 20.3 Å². The van der Waals surface area contributed by atoms with Gasteiger partial charge in [-0.15, -0.1) is 0 Å². The summed E-state index contributed by atoms with van der Waals surface area (Å²) in [4.78, 5) is 15.8. The highest BCUT2D eigenvalue weighted by atomic mass is 32.2. The molecule has 1 heterocycles. The largest absolute Gasteiger partial charge is 0.383 e. The van der Waals surface area contributed by atoms with Gasteiger partial charge in [0.1, 0.15) is 5.75 Å². The fraction of sp³-hybridized carbons (Fsp3) is 0.435. The molecule has 4 rings (SSSR count). The van der Waals surface area contributed by atoms with Gasteiger partial charge in [-0.3, -0.25) is 4.79 Å². The molecule has 1 saturated heterocycles. The Labute approximate surface area is 178 Å². The summed E-state index contributed by atoms with van der Waals surface area (Å²) in [6.45, 7) is 2.96. The molecule has 6 nitrogen and oxygen atoms in total. The summed E-state index contributed by atoms with van der Waals surface area (Å²) < 4.78 is 27.5. The number of likely N-dealkylation sites (tertiary alicyclic amines) is 1. The van der Waals surface area contributed by atoms with Crippen LogP contribution in [0.25, 0.3) is 0 Å². The molecule has 1 aliphatic heterocycles. The molecule has 0 unspecified atom stereocenters. The van der Waals surface area contributed by atoms with Crippen LogP contribution < -0.4 is 9.50 Å². The van der Waals surface area contributed by atoms with Gasteiger partial charge in [-0.1, -0.05) is 42.5 Å². The van der Waals surface area contributed by atoms with Gasteiger partial charge in [-0.05, 0) is 62.0 Å². The predicted octanol–water partition coefficient (Wildman–Crippen LogP) is 3.01. The summed E-state index contributed by atoms with van der Waals surface area (Å²) in [5, 5.41) is 3.31. The Morgan fingerprint density at radius 3 is 2.27 bits per heavy atom. The number of nitrogens with zero attached hydrogens (tertiary/aromatic N) is 1. The van der Waals surface area contributed by atoms with E-state index in [-0.39, 0.29) is 17.7 Å². The lowest BCUT2D eigenvalue weighted by molar-refractivity contribution is -0.124. The number of rotatable bonds is 8. The summed E-state index contributed by atoms with van der Waals surface area (Å²) >= 11 is 0. The Bertz CT molecular complexity index is 980. The zero-order chi connectivity index (χ0) is 21.2. The molecule has 0 spiro atoms. The number of hydrogen-bond acceptors (Lipinski definition) is 5. The van der Waals surface area contributed by atoms with Crippen LogP contribution in [0.15, 0.2) is 54.6 Å². The van der Waals surface area contributed by atoms with E-state index in [9.17, 15) is 13.2 Å². The van der Waals surface area contributed by atoms with Gasteiger partial charge in [-0.2, -0.15) is 8.42 Å². The first kappa shape index (κ1) is 20.9. The van der Waals surface area contributed by atoms with Crippen molar-refractivity contribution < 1.29 is 17.4 Å². The van der Waals surface area contributed by atoms with Gasteiger partial charge < -0.3 is 14.4 Å². The molecule has 1 amide bonds. The first-order valence-electron chi connectivity index (χ1n) is 10.4. The van der Waals surface area contributed by atoms with Crippen LogP contribution in [0.5, 0.6) is 5.75 Å². The summed E-state index contributed by atoms with van der Waals surface area (Å²) in [7, 11) is -3.57. The molecule has 160 valence electrons. The van der Waals surface area contributed by atoms with E-state index in [0.29, 0.717) is 0 Å². The zero-order valence-corrected chi connectivity index (χ0v) is 18.0. The SMILES string of the molecule is CS(=O)(=O)Oc1ccc(C2(C(=O)N[C@H](CN3CCCC3)c3ccccc3)CC2)cc1. The highest BCUT2D eigenvalue weighted by Crippen LogP contribution is 2.49. The Balaban J connectivity index is 1.50. The Morgan fingerprint density at radius 2 is 1.70 bits per heavy atom. The lowest BCUT2D eigenvalue weighted by Crippen LogP contribution is -2.41. The van der Waals surface area contributed by atoms with Gasteiger partial charge >= 0.3 is 10.1 Å². The number of amides is 1. The molecule has 1 N–H and O–H groups in total. The van der Waals surface area contributed by atoms with Crippen molar-refractivity contribution in [1.82, 2.24) is 10.2 Å². The normalized spacial score (nSPS) is 19.2. The van der Waals surface area contributed by atoms with E-state index in [1.165, 1.54) is 12.8 Å². The first-order chi connectivity index (χ1) is 14.4. The third-order valence-electron chi connectivity index (χ3n) is 5.99. The van der Waals surface area contributed by atoms with Gasteiger partial charge in [0.2, 0.25) is 5.91 Å². The fourth-order valence-electron chi connectivity index (χ4n) is 4.22. The molecule has 0 aromatic heterocycles. The number of carbonyl (C=O) groups excluding carboxylic acids is 1. The Hall–Kier alpha value is -2.38. The standard InChI is InChI=1S/C23H28N2O4S/c1-30(27,28)29-20-11-9-19(10-12-20)23(13-14-23)22(26)24-21(17-25-15-5-6-16-25)18-7-3-2-4-8-18/h2-4,7-12,21H,5-6,13-17H2,1H3,(H,24,26)/t21-/m1/s1.